The monoisotopic (exact) mass is 294 g/mol. The largest absolute Gasteiger partial charge is 0.329 e. The summed E-state index contributed by atoms with van der Waals surface area (Å²) in [5, 5.41) is 8.12. The number of nitrogens with zero attached hydrogens (tertiary/aromatic N) is 4. The lowest BCUT2D eigenvalue weighted by molar-refractivity contribution is 0.0702. The van der Waals surface area contributed by atoms with E-state index < -0.39 is 11.7 Å². The highest BCUT2D eigenvalue weighted by atomic mass is 35.5. The summed E-state index contributed by atoms with van der Waals surface area (Å²) in [6, 6.07) is 4.22. The second-order valence-electron chi connectivity index (χ2n) is 4.64. The van der Waals surface area contributed by atoms with Crippen LogP contribution in [0.15, 0.2) is 18.2 Å². The van der Waals surface area contributed by atoms with Crippen LogP contribution in [0.25, 0.3) is 0 Å². The van der Waals surface area contributed by atoms with Gasteiger partial charge in [-0.3, -0.25) is 4.79 Å². The van der Waals surface area contributed by atoms with Gasteiger partial charge in [0.1, 0.15) is 11.6 Å². The van der Waals surface area contributed by atoms with Crippen molar-refractivity contribution in [3.63, 3.8) is 0 Å². The zero-order chi connectivity index (χ0) is 14.3. The van der Waals surface area contributed by atoms with Gasteiger partial charge < -0.3 is 9.47 Å². The summed E-state index contributed by atoms with van der Waals surface area (Å²) in [5.41, 5.74) is -0.0844. The molecule has 1 aromatic heterocycles. The molecule has 1 aromatic carbocycles. The van der Waals surface area contributed by atoms with Crippen molar-refractivity contribution >= 4 is 17.5 Å². The highest BCUT2D eigenvalue weighted by molar-refractivity contribution is 6.33. The normalized spacial score (nSPS) is 14.2. The number of aromatic nitrogens is 3. The Morgan fingerprint density at radius 1 is 1.35 bits per heavy atom. The Hall–Kier alpha value is -1.95. The van der Waals surface area contributed by atoms with Crippen molar-refractivity contribution < 1.29 is 9.18 Å². The number of fused-ring (bicyclic) bond motifs is 1. The standard InChI is InChI=1S/C13H12ClFN4O/c1-8-16-17-11-7-18(5-6-19(8)11)13(20)12-9(14)3-2-4-10(12)15/h2-4H,5-7H2,1H3. The number of rotatable bonds is 1. The van der Waals surface area contributed by atoms with Crippen LogP contribution in [0, 0.1) is 12.7 Å². The summed E-state index contributed by atoms with van der Waals surface area (Å²) < 4.78 is 15.7. The second kappa shape index (κ2) is 4.86. The maximum Gasteiger partial charge on any atom is 0.258 e. The molecule has 0 radical (unpaired) electrons. The van der Waals surface area contributed by atoms with Gasteiger partial charge in [0.05, 0.1) is 17.1 Å². The molecule has 0 atom stereocenters. The van der Waals surface area contributed by atoms with Gasteiger partial charge in [0.15, 0.2) is 5.82 Å². The maximum atomic E-state index is 13.8. The summed E-state index contributed by atoms with van der Waals surface area (Å²) in [7, 11) is 0. The van der Waals surface area contributed by atoms with Crippen LogP contribution in [0.1, 0.15) is 22.0 Å². The predicted molar refractivity (Wildman–Crippen MR) is 70.9 cm³/mol. The van der Waals surface area contributed by atoms with Crippen molar-refractivity contribution in [1.82, 2.24) is 19.7 Å². The van der Waals surface area contributed by atoms with Crippen molar-refractivity contribution in [2.45, 2.75) is 20.0 Å². The number of halogens is 2. The summed E-state index contributed by atoms with van der Waals surface area (Å²) in [4.78, 5) is 13.9. The molecule has 0 saturated carbocycles. The van der Waals surface area contributed by atoms with Crippen LogP contribution >= 0.6 is 11.6 Å². The lowest BCUT2D eigenvalue weighted by Gasteiger charge is -2.28. The summed E-state index contributed by atoms with van der Waals surface area (Å²) in [6.07, 6.45) is 0. The van der Waals surface area contributed by atoms with E-state index in [0.29, 0.717) is 25.5 Å². The molecule has 2 aromatic rings. The fourth-order valence-corrected chi connectivity index (χ4v) is 2.58. The van der Waals surface area contributed by atoms with E-state index >= 15 is 0 Å². The maximum absolute atomic E-state index is 13.8. The molecule has 0 N–H and O–H groups in total. The van der Waals surface area contributed by atoms with E-state index in [9.17, 15) is 9.18 Å². The molecule has 5 nitrogen and oxygen atoms in total. The van der Waals surface area contributed by atoms with Crippen molar-refractivity contribution in [3.8, 4) is 0 Å². The van der Waals surface area contributed by atoms with Crippen LogP contribution in [0.4, 0.5) is 4.39 Å². The average Bonchev–Trinajstić information content (AvgIpc) is 2.79. The minimum Gasteiger partial charge on any atom is -0.329 e. The highest BCUT2D eigenvalue weighted by Crippen LogP contribution is 2.23. The fraction of sp³-hybridized carbons (Fsp3) is 0.308. The average molecular weight is 295 g/mol. The first-order valence-electron chi connectivity index (χ1n) is 6.20. The quantitative estimate of drug-likeness (QED) is 0.809. The second-order valence-corrected chi connectivity index (χ2v) is 5.05. The van der Waals surface area contributed by atoms with Gasteiger partial charge >= 0.3 is 0 Å². The van der Waals surface area contributed by atoms with Crippen molar-refractivity contribution in [2.24, 2.45) is 0 Å². The first-order chi connectivity index (χ1) is 9.58. The fourth-order valence-electron chi connectivity index (χ4n) is 2.34. The molecule has 1 aliphatic heterocycles. The molecule has 20 heavy (non-hydrogen) atoms. The SMILES string of the molecule is Cc1nnc2n1CCN(C(=O)c1c(F)cccc1Cl)C2. The Morgan fingerprint density at radius 2 is 2.15 bits per heavy atom. The molecule has 1 amide bonds. The van der Waals surface area contributed by atoms with Gasteiger partial charge in [0.2, 0.25) is 0 Å². The van der Waals surface area contributed by atoms with E-state index in [1.807, 2.05) is 11.5 Å². The molecule has 0 aliphatic carbocycles. The van der Waals surface area contributed by atoms with Crippen molar-refractivity contribution in [1.29, 1.82) is 0 Å². The van der Waals surface area contributed by atoms with Gasteiger partial charge in [-0.25, -0.2) is 4.39 Å². The van der Waals surface area contributed by atoms with Gasteiger partial charge in [0.25, 0.3) is 5.91 Å². The molecule has 0 bridgehead atoms. The molecule has 1 aliphatic rings. The zero-order valence-electron chi connectivity index (χ0n) is 10.8. The molecule has 0 saturated heterocycles. The van der Waals surface area contributed by atoms with E-state index in [4.69, 9.17) is 11.6 Å². The smallest absolute Gasteiger partial charge is 0.258 e. The van der Waals surface area contributed by atoms with Gasteiger partial charge in [-0.1, -0.05) is 17.7 Å². The van der Waals surface area contributed by atoms with Crippen LogP contribution in [-0.2, 0) is 13.1 Å². The number of carbonyl (C=O) groups is 1. The van der Waals surface area contributed by atoms with Crippen LogP contribution < -0.4 is 0 Å². The zero-order valence-corrected chi connectivity index (χ0v) is 11.6. The Balaban J connectivity index is 1.90. The summed E-state index contributed by atoms with van der Waals surface area (Å²) >= 11 is 5.93. The highest BCUT2D eigenvalue weighted by Gasteiger charge is 2.27. The number of amides is 1. The lowest BCUT2D eigenvalue weighted by atomic mass is 10.1. The van der Waals surface area contributed by atoms with Gasteiger partial charge in [-0.2, -0.15) is 0 Å². The molecule has 104 valence electrons. The van der Waals surface area contributed by atoms with Gasteiger partial charge in [-0.05, 0) is 19.1 Å². The molecule has 2 heterocycles. The van der Waals surface area contributed by atoms with E-state index in [2.05, 4.69) is 10.2 Å². The molecular formula is C13H12ClFN4O. The van der Waals surface area contributed by atoms with Gasteiger partial charge in [-0.15, -0.1) is 10.2 Å². The molecule has 7 heteroatoms. The van der Waals surface area contributed by atoms with Crippen LogP contribution in [-0.4, -0.2) is 32.1 Å². The number of hydrogen-bond donors (Lipinski definition) is 0. The van der Waals surface area contributed by atoms with E-state index in [1.54, 1.807) is 0 Å². The number of benzene rings is 1. The van der Waals surface area contributed by atoms with E-state index in [1.165, 1.54) is 23.1 Å². The van der Waals surface area contributed by atoms with Crippen LogP contribution in [0.3, 0.4) is 0 Å². The van der Waals surface area contributed by atoms with Crippen LogP contribution in [0.2, 0.25) is 5.02 Å². The Morgan fingerprint density at radius 3 is 2.90 bits per heavy atom. The van der Waals surface area contributed by atoms with Crippen molar-refractivity contribution in [3.05, 3.63) is 46.3 Å². The van der Waals surface area contributed by atoms with E-state index in [-0.39, 0.29) is 10.6 Å². The topological polar surface area (TPSA) is 51.0 Å². The molecule has 0 fully saturated rings. The molecule has 0 unspecified atom stereocenters. The Kier molecular flexibility index (Phi) is 3.17. The third kappa shape index (κ3) is 2.06. The molecule has 3 rings (SSSR count). The Labute approximate surface area is 120 Å². The minimum absolute atomic E-state index is 0.0844. The molecule has 0 spiro atoms. The predicted octanol–water partition coefficient (Wildman–Crippen LogP) is 2.04. The number of aryl methyl sites for hydroxylation is 1. The summed E-state index contributed by atoms with van der Waals surface area (Å²) in [5.74, 6) is 0.497. The molecular weight excluding hydrogens is 283 g/mol. The van der Waals surface area contributed by atoms with Crippen molar-refractivity contribution in [2.75, 3.05) is 6.54 Å². The van der Waals surface area contributed by atoms with Gasteiger partial charge in [0, 0.05) is 13.1 Å². The van der Waals surface area contributed by atoms with Crippen LogP contribution in [0.5, 0.6) is 0 Å². The first kappa shape index (κ1) is 13.1. The summed E-state index contributed by atoms with van der Waals surface area (Å²) in [6.45, 7) is 3.26. The lowest BCUT2D eigenvalue weighted by Crippen LogP contribution is -2.39. The first-order valence-corrected chi connectivity index (χ1v) is 6.57. The number of carbonyl (C=O) groups excluding carboxylic acids is 1. The third-order valence-electron chi connectivity index (χ3n) is 3.40. The van der Waals surface area contributed by atoms with E-state index in [0.717, 1.165) is 5.82 Å². The number of hydrogen-bond acceptors (Lipinski definition) is 3. The third-order valence-corrected chi connectivity index (χ3v) is 3.72. The Bertz CT molecular complexity index is 665. The minimum atomic E-state index is -0.606.